The number of benzene rings is 1. The fraction of sp³-hybridized carbons (Fsp3) is 0.364. The molecule has 0 amide bonds. The summed E-state index contributed by atoms with van der Waals surface area (Å²) >= 11 is 0. The summed E-state index contributed by atoms with van der Waals surface area (Å²) in [5.41, 5.74) is 1.71. The fourth-order valence-electron chi connectivity index (χ4n) is 1.54. The maximum absolute atomic E-state index is 9.82. The van der Waals surface area contributed by atoms with Crippen molar-refractivity contribution in [2.75, 3.05) is 18.5 Å². The van der Waals surface area contributed by atoms with Crippen LogP contribution in [-0.4, -0.2) is 24.3 Å². The number of anilines is 1. The summed E-state index contributed by atoms with van der Waals surface area (Å²) in [6.07, 6.45) is -0.563. The highest BCUT2D eigenvalue weighted by molar-refractivity contribution is 5.90. The van der Waals surface area contributed by atoms with Gasteiger partial charge in [-0.3, -0.25) is 0 Å². The van der Waals surface area contributed by atoms with Crippen molar-refractivity contribution in [3.05, 3.63) is 29.8 Å². The molecule has 0 bridgehead atoms. The largest absolute Gasteiger partial charge is 0.465 e. The van der Waals surface area contributed by atoms with E-state index in [-0.39, 0.29) is 0 Å². The van der Waals surface area contributed by atoms with Gasteiger partial charge in [-0.05, 0) is 13.0 Å². The molecule has 1 aromatic carbocycles. The summed E-state index contributed by atoms with van der Waals surface area (Å²) in [6.45, 7) is 2.79. The van der Waals surface area contributed by atoms with Crippen LogP contribution < -0.4 is 5.32 Å². The van der Waals surface area contributed by atoms with Gasteiger partial charge in [0.15, 0.2) is 0 Å². The zero-order chi connectivity index (χ0) is 10.7. The van der Waals surface area contributed by atoms with Gasteiger partial charge in [-0.15, -0.1) is 0 Å². The Hall–Kier alpha value is -1.55. The van der Waals surface area contributed by atoms with Gasteiger partial charge in [-0.2, -0.15) is 0 Å². The van der Waals surface area contributed by atoms with Crippen LogP contribution in [-0.2, 0) is 4.74 Å². The topological polar surface area (TPSA) is 53.9 Å². The van der Waals surface area contributed by atoms with E-state index in [0.717, 1.165) is 11.3 Å². The van der Waals surface area contributed by atoms with E-state index in [4.69, 9.17) is 4.74 Å². The number of nitrogens with one attached hydrogen (secondary N) is 1. The number of aliphatic hydroxyl groups excluding tert-OH is 1. The smallest absolute Gasteiger partial charge is 0.289 e. The second-order valence-electron chi connectivity index (χ2n) is 3.31. The van der Waals surface area contributed by atoms with Crippen molar-refractivity contribution in [2.24, 2.45) is 4.99 Å². The van der Waals surface area contributed by atoms with Crippen LogP contribution in [0.3, 0.4) is 0 Å². The van der Waals surface area contributed by atoms with Gasteiger partial charge in [0.2, 0.25) is 0 Å². The number of ether oxygens (including phenoxy) is 1. The van der Waals surface area contributed by atoms with E-state index in [2.05, 4.69) is 10.3 Å². The molecule has 2 N–H and O–H groups in total. The van der Waals surface area contributed by atoms with E-state index >= 15 is 0 Å². The molecule has 1 heterocycles. The first-order valence-electron chi connectivity index (χ1n) is 5.02. The van der Waals surface area contributed by atoms with Gasteiger partial charge < -0.3 is 15.2 Å². The second-order valence-corrected chi connectivity index (χ2v) is 3.31. The molecule has 15 heavy (non-hydrogen) atoms. The highest BCUT2D eigenvalue weighted by Gasteiger charge is 2.17. The number of fused-ring (bicyclic) bond motifs is 1. The first-order chi connectivity index (χ1) is 7.31. The zero-order valence-corrected chi connectivity index (χ0v) is 8.60. The van der Waals surface area contributed by atoms with Crippen molar-refractivity contribution in [1.29, 1.82) is 0 Å². The Bertz CT molecular complexity index is 377. The van der Waals surface area contributed by atoms with Crippen LogP contribution in [0.15, 0.2) is 29.3 Å². The third kappa shape index (κ3) is 2.10. The fourth-order valence-corrected chi connectivity index (χ4v) is 1.54. The van der Waals surface area contributed by atoms with Crippen LogP contribution >= 0.6 is 0 Å². The second kappa shape index (κ2) is 4.31. The minimum atomic E-state index is -0.563. The Morgan fingerprint density at radius 3 is 3.13 bits per heavy atom. The van der Waals surface area contributed by atoms with Crippen molar-refractivity contribution in [2.45, 2.75) is 13.0 Å². The average Bonchev–Trinajstić information content (AvgIpc) is 2.40. The van der Waals surface area contributed by atoms with Gasteiger partial charge in [0, 0.05) is 11.3 Å². The Balaban J connectivity index is 2.29. The molecule has 0 saturated heterocycles. The maximum atomic E-state index is 9.82. The van der Waals surface area contributed by atoms with Gasteiger partial charge in [0.05, 0.1) is 13.2 Å². The highest BCUT2D eigenvalue weighted by Crippen LogP contribution is 2.25. The van der Waals surface area contributed by atoms with E-state index in [9.17, 15) is 5.11 Å². The van der Waals surface area contributed by atoms with Crippen molar-refractivity contribution in [3.63, 3.8) is 0 Å². The Morgan fingerprint density at radius 2 is 2.33 bits per heavy atom. The molecule has 1 unspecified atom stereocenters. The lowest BCUT2D eigenvalue weighted by Gasteiger charge is -2.11. The van der Waals surface area contributed by atoms with Gasteiger partial charge in [-0.25, -0.2) is 4.99 Å². The summed E-state index contributed by atoms with van der Waals surface area (Å²) in [6, 6.07) is 8.07. The lowest BCUT2D eigenvalue weighted by molar-refractivity contribution is 0.187. The predicted octanol–water partition coefficient (Wildman–Crippen LogP) is 1.54. The summed E-state index contributed by atoms with van der Waals surface area (Å²) in [5.74, 6) is 0. The molecule has 0 saturated carbocycles. The van der Waals surface area contributed by atoms with Gasteiger partial charge in [0.25, 0.3) is 6.02 Å². The molecule has 1 aromatic rings. The number of hydrogen-bond donors (Lipinski definition) is 2. The number of aliphatic imine (C=N–C) groups is 1. The van der Waals surface area contributed by atoms with E-state index in [1.165, 1.54) is 0 Å². The standard InChI is InChI=1S/C11H14N2O2/c1-2-15-11-12-7-10(14)8-5-3-4-6-9(8)13-11/h3-6,10,14H,2,7H2,1H3,(H,12,13). The van der Waals surface area contributed by atoms with Gasteiger partial charge in [-0.1, -0.05) is 18.2 Å². The molecular formula is C11H14N2O2. The van der Waals surface area contributed by atoms with Gasteiger partial charge >= 0.3 is 0 Å². The monoisotopic (exact) mass is 206 g/mol. The van der Waals surface area contributed by atoms with Crippen LogP contribution in [0.2, 0.25) is 0 Å². The predicted molar refractivity (Wildman–Crippen MR) is 59.0 cm³/mol. The molecule has 0 aliphatic carbocycles. The first kappa shape index (κ1) is 9.98. The molecule has 1 aliphatic rings. The first-order valence-corrected chi connectivity index (χ1v) is 5.02. The number of hydrogen-bond acceptors (Lipinski definition) is 4. The summed E-state index contributed by atoms with van der Waals surface area (Å²) < 4.78 is 5.30. The van der Waals surface area contributed by atoms with Crippen molar-refractivity contribution < 1.29 is 9.84 Å². The number of nitrogens with zero attached hydrogens (tertiary/aromatic N) is 1. The molecule has 0 aromatic heterocycles. The van der Waals surface area contributed by atoms with Crippen LogP contribution in [0.1, 0.15) is 18.6 Å². The molecule has 1 atom stereocenters. The molecule has 0 radical (unpaired) electrons. The van der Waals surface area contributed by atoms with Gasteiger partial charge in [0.1, 0.15) is 6.10 Å². The van der Waals surface area contributed by atoms with E-state index < -0.39 is 6.10 Å². The molecule has 4 nitrogen and oxygen atoms in total. The number of para-hydroxylation sites is 1. The Kier molecular flexibility index (Phi) is 2.87. The molecule has 2 rings (SSSR count). The average molecular weight is 206 g/mol. The van der Waals surface area contributed by atoms with Crippen LogP contribution in [0.5, 0.6) is 0 Å². The van der Waals surface area contributed by atoms with Crippen LogP contribution in [0.4, 0.5) is 5.69 Å². The van der Waals surface area contributed by atoms with Crippen molar-refractivity contribution in [3.8, 4) is 0 Å². The number of rotatable bonds is 1. The molecule has 80 valence electrons. The maximum Gasteiger partial charge on any atom is 0.289 e. The zero-order valence-electron chi connectivity index (χ0n) is 8.60. The molecule has 0 spiro atoms. The van der Waals surface area contributed by atoms with E-state index in [0.29, 0.717) is 19.2 Å². The van der Waals surface area contributed by atoms with Crippen LogP contribution in [0.25, 0.3) is 0 Å². The number of aliphatic hydroxyl groups is 1. The molecule has 0 fully saturated rings. The van der Waals surface area contributed by atoms with Crippen LogP contribution in [0, 0.1) is 0 Å². The van der Waals surface area contributed by atoms with E-state index in [1.807, 2.05) is 31.2 Å². The van der Waals surface area contributed by atoms with Crippen molar-refractivity contribution >= 4 is 11.7 Å². The highest BCUT2D eigenvalue weighted by atomic mass is 16.5. The van der Waals surface area contributed by atoms with Crippen molar-refractivity contribution in [1.82, 2.24) is 0 Å². The summed E-state index contributed by atoms with van der Waals surface area (Å²) in [5, 5.41) is 12.9. The van der Waals surface area contributed by atoms with E-state index in [1.54, 1.807) is 0 Å². The third-order valence-corrected chi connectivity index (χ3v) is 2.25. The minimum Gasteiger partial charge on any atom is -0.465 e. The SMILES string of the molecule is CCOC1=NCC(O)c2ccccc2N1. The summed E-state index contributed by atoms with van der Waals surface area (Å²) in [7, 11) is 0. The minimum absolute atomic E-state index is 0.333. The lowest BCUT2D eigenvalue weighted by atomic mass is 10.1. The molecular weight excluding hydrogens is 192 g/mol. The quantitative estimate of drug-likeness (QED) is 0.732. The third-order valence-electron chi connectivity index (χ3n) is 2.25. The summed E-state index contributed by atoms with van der Waals surface area (Å²) in [4.78, 5) is 4.14. The Labute approximate surface area is 88.6 Å². The lowest BCUT2D eigenvalue weighted by Crippen LogP contribution is -2.15. The number of amidine groups is 1. The molecule has 1 aliphatic heterocycles. The normalized spacial score (nSPS) is 19.6. The Morgan fingerprint density at radius 1 is 1.53 bits per heavy atom. The molecule has 4 heteroatoms.